The van der Waals surface area contributed by atoms with E-state index in [9.17, 15) is 9.59 Å². The number of hydrogen-bond donors (Lipinski definition) is 2. The minimum absolute atomic E-state index is 0.0890. The third kappa shape index (κ3) is 5.41. The van der Waals surface area contributed by atoms with Crippen molar-refractivity contribution in [2.75, 3.05) is 49.7 Å². The Kier molecular flexibility index (Phi) is 6.99. The average Bonchev–Trinajstić information content (AvgIpc) is 2.92. The molecular weight excluding hydrogens is 460 g/mol. The van der Waals surface area contributed by atoms with Crippen LogP contribution in [0, 0.1) is 0 Å². The first-order chi connectivity index (χ1) is 17.6. The van der Waals surface area contributed by atoms with Crippen LogP contribution in [0.4, 0.5) is 11.5 Å². The van der Waals surface area contributed by atoms with E-state index < -0.39 is 0 Å². The summed E-state index contributed by atoms with van der Waals surface area (Å²) in [5.74, 6) is 1.71. The van der Waals surface area contributed by atoms with Crippen LogP contribution in [0.3, 0.4) is 0 Å². The number of nitrogens with zero attached hydrogens (tertiary/aromatic N) is 2. The lowest BCUT2D eigenvalue weighted by molar-refractivity contribution is -0.119. The molecule has 1 fully saturated rings. The van der Waals surface area contributed by atoms with Gasteiger partial charge in [0.05, 0.1) is 18.8 Å². The van der Waals surface area contributed by atoms with Gasteiger partial charge in [0, 0.05) is 50.1 Å². The molecule has 2 aliphatic heterocycles. The van der Waals surface area contributed by atoms with Crippen molar-refractivity contribution >= 4 is 23.3 Å². The zero-order valence-electron chi connectivity index (χ0n) is 20.1. The maximum Gasteiger partial charge on any atom is 0.257 e. The van der Waals surface area contributed by atoms with Crippen LogP contribution in [-0.4, -0.2) is 56.3 Å². The molecule has 36 heavy (non-hydrogen) atoms. The van der Waals surface area contributed by atoms with E-state index in [1.165, 1.54) is 6.92 Å². The van der Waals surface area contributed by atoms with E-state index in [-0.39, 0.29) is 11.8 Å². The Bertz CT molecular complexity index is 1270. The van der Waals surface area contributed by atoms with Gasteiger partial charge in [-0.3, -0.25) is 9.59 Å². The van der Waals surface area contributed by atoms with Crippen LogP contribution < -0.4 is 25.0 Å². The van der Waals surface area contributed by atoms with E-state index in [4.69, 9.17) is 19.2 Å². The number of hydrogen-bond acceptors (Lipinski definition) is 7. The molecule has 0 aliphatic carbocycles. The summed E-state index contributed by atoms with van der Waals surface area (Å²) in [4.78, 5) is 31.5. The summed E-state index contributed by atoms with van der Waals surface area (Å²) in [6.07, 6.45) is 1.60. The fraction of sp³-hybridized carbons (Fsp3) is 0.296. The second kappa shape index (κ2) is 10.7. The molecular formula is C27H28N4O5. The molecule has 0 radical (unpaired) electrons. The molecule has 2 amide bonds. The van der Waals surface area contributed by atoms with Gasteiger partial charge in [0.25, 0.3) is 5.91 Å². The molecule has 0 bridgehead atoms. The number of fused-ring (bicyclic) bond motifs is 1. The van der Waals surface area contributed by atoms with Gasteiger partial charge in [0.15, 0.2) is 11.5 Å². The molecule has 1 aromatic heterocycles. The number of nitrogens with one attached hydrogen (secondary N) is 2. The fourth-order valence-corrected chi connectivity index (χ4v) is 4.22. The van der Waals surface area contributed by atoms with Gasteiger partial charge in [-0.2, -0.15) is 0 Å². The normalized spacial score (nSPS) is 14.8. The zero-order valence-corrected chi connectivity index (χ0v) is 20.1. The number of aromatic nitrogens is 1. The number of benzene rings is 2. The highest BCUT2D eigenvalue weighted by Crippen LogP contribution is 2.34. The van der Waals surface area contributed by atoms with Gasteiger partial charge in [0.2, 0.25) is 5.91 Å². The van der Waals surface area contributed by atoms with E-state index in [2.05, 4.69) is 15.5 Å². The third-order valence-corrected chi connectivity index (χ3v) is 6.02. The van der Waals surface area contributed by atoms with Gasteiger partial charge in [-0.15, -0.1) is 0 Å². The van der Waals surface area contributed by atoms with Crippen molar-refractivity contribution in [2.24, 2.45) is 0 Å². The average molecular weight is 489 g/mol. The van der Waals surface area contributed by atoms with Crippen molar-refractivity contribution in [3.63, 3.8) is 0 Å². The van der Waals surface area contributed by atoms with E-state index in [1.54, 1.807) is 24.4 Å². The Hall–Kier alpha value is -4.11. The first-order valence-corrected chi connectivity index (χ1v) is 11.9. The summed E-state index contributed by atoms with van der Waals surface area (Å²) in [6, 6.07) is 15.1. The van der Waals surface area contributed by atoms with E-state index in [0.717, 1.165) is 22.5 Å². The number of morpholine rings is 1. The van der Waals surface area contributed by atoms with E-state index in [1.807, 2.05) is 30.3 Å². The number of anilines is 2. The summed E-state index contributed by atoms with van der Waals surface area (Å²) in [5.41, 5.74) is 3.77. The molecule has 3 heterocycles. The Labute approximate surface area is 209 Å². The highest BCUT2D eigenvalue weighted by molar-refractivity contribution is 6.05. The molecule has 2 aromatic carbocycles. The van der Waals surface area contributed by atoms with E-state index in [0.29, 0.717) is 68.8 Å². The van der Waals surface area contributed by atoms with Crippen LogP contribution >= 0.6 is 0 Å². The molecule has 2 N–H and O–H groups in total. The zero-order chi connectivity index (χ0) is 24.9. The van der Waals surface area contributed by atoms with Gasteiger partial charge in [-0.05, 0) is 35.4 Å². The Morgan fingerprint density at radius 1 is 0.972 bits per heavy atom. The molecule has 0 atom stereocenters. The van der Waals surface area contributed by atoms with Gasteiger partial charge in [-0.1, -0.05) is 18.2 Å². The lowest BCUT2D eigenvalue weighted by Crippen LogP contribution is -2.37. The minimum atomic E-state index is -0.275. The highest BCUT2D eigenvalue weighted by atomic mass is 16.6. The van der Waals surface area contributed by atoms with Crippen LogP contribution in [0.2, 0.25) is 0 Å². The SMILES string of the molecule is CC(=O)NCc1cccc(-c2cc(C(=O)Nc3ccc4c(c3)OCCO4)cnc2N2CCOCC2)c1. The fourth-order valence-electron chi connectivity index (χ4n) is 4.22. The van der Waals surface area contributed by atoms with Crippen molar-refractivity contribution < 1.29 is 23.8 Å². The Morgan fingerprint density at radius 3 is 2.58 bits per heavy atom. The van der Waals surface area contributed by atoms with Crippen molar-refractivity contribution in [3.8, 4) is 22.6 Å². The predicted molar refractivity (Wildman–Crippen MR) is 136 cm³/mol. The van der Waals surface area contributed by atoms with Crippen molar-refractivity contribution in [1.29, 1.82) is 0 Å². The second-order valence-corrected chi connectivity index (χ2v) is 8.62. The summed E-state index contributed by atoms with van der Waals surface area (Å²) in [7, 11) is 0. The quantitative estimate of drug-likeness (QED) is 0.549. The van der Waals surface area contributed by atoms with Gasteiger partial charge in [0.1, 0.15) is 19.0 Å². The van der Waals surface area contributed by atoms with Gasteiger partial charge < -0.3 is 29.7 Å². The first kappa shape index (κ1) is 23.6. The summed E-state index contributed by atoms with van der Waals surface area (Å²) < 4.78 is 16.7. The minimum Gasteiger partial charge on any atom is -0.486 e. The molecule has 186 valence electrons. The monoisotopic (exact) mass is 488 g/mol. The van der Waals surface area contributed by atoms with Crippen LogP contribution in [0.15, 0.2) is 54.7 Å². The Balaban J connectivity index is 1.45. The topological polar surface area (TPSA) is 102 Å². The number of ether oxygens (including phenoxy) is 3. The Morgan fingerprint density at radius 2 is 1.78 bits per heavy atom. The van der Waals surface area contributed by atoms with Crippen LogP contribution in [0.5, 0.6) is 11.5 Å². The number of pyridine rings is 1. The lowest BCUT2D eigenvalue weighted by Gasteiger charge is -2.29. The smallest absolute Gasteiger partial charge is 0.257 e. The number of carbonyl (C=O) groups is 2. The molecule has 2 aliphatic rings. The standard InChI is InChI=1S/C27H28N4O5/c1-18(32)28-16-19-3-2-4-20(13-19)23-14-21(17-29-26(23)31-7-9-34-10-8-31)27(33)30-22-5-6-24-25(15-22)36-12-11-35-24/h2-6,13-15,17H,7-12,16H2,1H3,(H,28,32)(H,30,33). The van der Waals surface area contributed by atoms with Crippen LogP contribution in [0.25, 0.3) is 11.1 Å². The summed E-state index contributed by atoms with van der Waals surface area (Å²) in [5, 5.41) is 5.77. The highest BCUT2D eigenvalue weighted by Gasteiger charge is 2.20. The maximum absolute atomic E-state index is 13.2. The van der Waals surface area contributed by atoms with E-state index >= 15 is 0 Å². The molecule has 9 nitrogen and oxygen atoms in total. The van der Waals surface area contributed by atoms with Gasteiger partial charge >= 0.3 is 0 Å². The van der Waals surface area contributed by atoms with Crippen LogP contribution in [-0.2, 0) is 16.1 Å². The largest absolute Gasteiger partial charge is 0.486 e. The summed E-state index contributed by atoms with van der Waals surface area (Å²) in [6.45, 7) is 5.58. The molecule has 3 aromatic rings. The second-order valence-electron chi connectivity index (χ2n) is 8.62. The molecule has 5 rings (SSSR count). The molecule has 9 heteroatoms. The van der Waals surface area contributed by atoms with Crippen molar-refractivity contribution in [3.05, 3.63) is 65.9 Å². The molecule has 0 unspecified atom stereocenters. The molecule has 0 spiro atoms. The predicted octanol–water partition coefficient (Wildman–Crippen LogP) is 3.24. The number of carbonyl (C=O) groups excluding carboxylic acids is 2. The van der Waals surface area contributed by atoms with Crippen molar-refractivity contribution in [1.82, 2.24) is 10.3 Å². The maximum atomic E-state index is 13.2. The molecule has 1 saturated heterocycles. The third-order valence-electron chi connectivity index (χ3n) is 6.02. The molecule has 0 saturated carbocycles. The number of rotatable bonds is 6. The lowest BCUT2D eigenvalue weighted by atomic mass is 10.0. The first-order valence-electron chi connectivity index (χ1n) is 11.9. The van der Waals surface area contributed by atoms with Gasteiger partial charge in [-0.25, -0.2) is 4.98 Å². The number of amides is 2. The van der Waals surface area contributed by atoms with Crippen molar-refractivity contribution in [2.45, 2.75) is 13.5 Å². The summed E-state index contributed by atoms with van der Waals surface area (Å²) >= 11 is 0. The van der Waals surface area contributed by atoms with Crippen LogP contribution in [0.1, 0.15) is 22.8 Å².